The van der Waals surface area contributed by atoms with Crippen molar-refractivity contribution in [3.05, 3.63) is 103 Å². The number of rotatable bonds is 4. The Bertz CT molecular complexity index is 1390. The molecule has 1 aromatic heterocycles. The van der Waals surface area contributed by atoms with Gasteiger partial charge in [-0.15, -0.1) is 0 Å². The quantitative estimate of drug-likeness (QED) is 0.383. The van der Waals surface area contributed by atoms with Gasteiger partial charge >= 0.3 is 0 Å². The summed E-state index contributed by atoms with van der Waals surface area (Å²) in [6.45, 7) is 2.32. The molecule has 1 heterocycles. The predicted octanol–water partition coefficient (Wildman–Crippen LogP) is 5.43. The number of amides is 1. The van der Waals surface area contributed by atoms with Crippen LogP contribution in [0.1, 0.15) is 21.5 Å². The number of fused-ring (bicyclic) bond motifs is 1. The van der Waals surface area contributed by atoms with Crippen molar-refractivity contribution in [1.29, 1.82) is 0 Å². The van der Waals surface area contributed by atoms with Gasteiger partial charge < -0.3 is 10.3 Å². The fourth-order valence-electron chi connectivity index (χ4n) is 3.28. The molecule has 0 saturated heterocycles. The molecule has 2 N–H and O–H groups in total. The maximum absolute atomic E-state index is 13.0. The third-order valence-electron chi connectivity index (χ3n) is 4.75. The van der Waals surface area contributed by atoms with E-state index in [9.17, 15) is 9.59 Å². The molecule has 4 aromatic rings. The molecule has 0 aliphatic carbocycles. The Morgan fingerprint density at radius 3 is 2.67 bits per heavy atom. The number of hydrogen-bond acceptors (Lipinski definition) is 3. The Kier molecular flexibility index (Phi) is 5.65. The van der Waals surface area contributed by atoms with Crippen molar-refractivity contribution in [1.82, 2.24) is 9.55 Å². The minimum Gasteiger partial charge on any atom is -0.332 e. The molecule has 4 rings (SSSR count). The minimum absolute atomic E-state index is 0.195. The van der Waals surface area contributed by atoms with E-state index in [0.717, 1.165) is 21.3 Å². The highest BCUT2D eigenvalue weighted by atomic mass is 79.9. The molecule has 0 fully saturated rings. The van der Waals surface area contributed by atoms with Gasteiger partial charge in [-0.25, -0.2) is 0 Å². The zero-order chi connectivity index (χ0) is 21.3. The highest BCUT2D eigenvalue weighted by Crippen LogP contribution is 2.16. The number of carbonyl (C=O) groups excluding carboxylic acids is 1. The lowest BCUT2D eigenvalue weighted by atomic mass is 10.1. The Morgan fingerprint density at radius 1 is 1.10 bits per heavy atom. The molecule has 0 bridgehead atoms. The van der Waals surface area contributed by atoms with Gasteiger partial charge in [-0.2, -0.15) is 0 Å². The van der Waals surface area contributed by atoms with Crippen LogP contribution in [0.15, 0.2) is 76.0 Å². The van der Waals surface area contributed by atoms with Crippen molar-refractivity contribution >= 4 is 50.6 Å². The van der Waals surface area contributed by atoms with Crippen molar-refractivity contribution < 1.29 is 4.79 Å². The van der Waals surface area contributed by atoms with Crippen molar-refractivity contribution in [3.8, 4) is 0 Å². The summed E-state index contributed by atoms with van der Waals surface area (Å²) in [4.78, 5) is 28.7. The number of nitrogens with one attached hydrogen (secondary N) is 2. The van der Waals surface area contributed by atoms with E-state index in [1.807, 2.05) is 55.5 Å². The average molecular weight is 480 g/mol. The molecule has 30 heavy (non-hydrogen) atoms. The van der Waals surface area contributed by atoms with Gasteiger partial charge in [0.2, 0.25) is 0 Å². The molecule has 0 atom stereocenters. The monoisotopic (exact) mass is 479 g/mol. The van der Waals surface area contributed by atoms with Crippen LogP contribution in [0.4, 0.5) is 5.69 Å². The fraction of sp³-hybridized carbons (Fsp3) is 0.0870. The standard InChI is InChI=1S/C23H18BrN3O2S/c1-14-4-2-7-18(10-14)25-21(28)16-8-9-19-20(12-16)26-23(30)27(22(19)29)13-15-5-3-6-17(24)11-15/h2-12H,13H2,1H3,(H,25,28)(H,26,30). The number of halogens is 1. The Balaban J connectivity index is 1.68. The summed E-state index contributed by atoms with van der Waals surface area (Å²) in [5.41, 5.74) is 3.52. The summed E-state index contributed by atoms with van der Waals surface area (Å²) < 4.78 is 2.77. The molecule has 7 heteroatoms. The Labute approximate surface area is 186 Å². The van der Waals surface area contributed by atoms with Gasteiger partial charge in [0.05, 0.1) is 17.4 Å². The molecular weight excluding hydrogens is 462 g/mol. The number of aryl methyl sites for hydroxylation is 1. The summed E-state index contributed by atoms with van der Waals surface area (Å²) >= 11 is 8.86. The number of benzene rings is 3. The SMILES string of the molecule is Cc1cccc(NC(=O)c2ccc3c(=O)n(Cc4cccc(Br)c4)c(=S)[nH]c3c2)c1. The Morgan fingerprint density at radius 2 is 1.90 bits per heavy atom. The first-order valence-corrected chi connectivity index (χ1v) is 10.5. The van der Waals surface area contributed by atoms with Crippen molar-refractivity contribution in [2.24, 2.45) is 0 Å². The van der Waals surface area contributed by atoms with Crippen LogP contribution in [0.25, 0.3) is 10.9 Å². The van der Waals surface area contributed by atoms with E-state index in [4.69, 9.17) is 12.2 Å². The molecular formula is C23H18BrN3O2S. The largest absolute Gasteiger partial charge is 0.332 e. The lowest BCUT2D eigenvalue weighted by molar-refractivity contribution is 0.102. The van der Waals surface area contributed by atoms with Crippen LogP contribution in [-0.2, 0) is 6.54 Å². The lowest BCUT2D eigenvalue weighted by Crippen LogP contribution is -2.23. The van der Waals surface area contributed by atoms with Gasteiger partial charge in [0, 0.05) is 15.7 Å². The van der Waals surface area contributed by atoms with E-state index in [1.165, 1.54) is 4.57 Å². The molecule has 1 amide bonds. The first-order valence-electron chi connectivity index (χ1n) is 9.30. The topological polar surface area (TPSA) is 66.9 Å². The number of H-pyrrole nitrogens is 1. The van der Waals surface area contributed by atoms with Gasteiger partial charge in [0.1, 0.15) is 0 Å². The second-order valence-electron chi connectivity index (χ2n) is 7.04. The number of anilines is 1. The van der Waals surface area contributed by atoms with Crippen molar-refractivity contribution in [2.45, 2.75) is 13.5 Å². The number of aromatic nitrogens is 2. The van der Waals surface area contributed by atoms with Crippen LogP contribution in [0.2, 0.25) is 0 Å². The van der Waals surface area contributed by atoms with Crippen LogP contribution in [0, 0.1) is 11.7 Å². The first kappa shape index (κ1) is 20.3. The van der Waals surface area contributed by atoms with Crippen LogP contribution in [-0.4, -0.2) is 15.5 Å². The average Bonchev–Trinajstić information content (AvgIpc) is 2.71. The smallest absolute Gasteiger partial charge is 0.262 e. The molecule has 150 valence electrons. The third kappa shape index (κ3) is 4.27. The van der Waals surface area contributed by atoms with E-state index < -0.39 is 0 Å². The molecule has 0 radical (unpaired) electrons. The molecule has 3 aromatic carbocycles. The van der Waals surface area contributed by atoms with Crippen molar-refractivity contribution in [2.75, 3.05) is 5.32 Å². The van der Waals surface area contributed by atoms with E-state index >= 15 is 0 Å². The van der Waals surface area contributed by atoms with E-state index in [-0.39, 0.29) is 11.5 Å². The molecule has 0 aliphatic rings. The summed E-state index contributed by atoms with van der Waals surface area (Å²) in [5, 5.41) is 3.35. The Hall–Kier alpha value is -3.03. The zero-order valence-corrected chi connectivity index (χ0v) is 18.5. The van der Waals surface area contributed by atoms with Gasteiger partial charge in [0.25, 0.3) is 11.5 Å². The summed E-state index contributed by atoms with van der Waals surface area (Å²) in [6, 6.07) is 20.3. The molecule has 0 saturated carbocycles. The van der Waals surface area contributed by atoms with Gasteiger partial charge in [-0.1, -0.05) is 40.2 Å². The molecule has 5 nitrogen and oxygen atoms in total. The van der Waals surface area contributed by atoms with Crippen LogP contribution in [0.5, 0.6) is 0 Å². The van der Waals surface area contributed by atoms with Crippen LogP contribution >= 0.6 is 28.1 Å². The highest BCUT2D eigenvalue weighted by Gasteiger charge is 2.11. The van der Waals surface area contributed by atoms with Crippen molar-refractivity contribution in [3.63, 3.8) is 0 Å². The number of carbonyl (C=O) groups is 1. The summed E-state index contributed by atoms with van der Waals surface area (Å²) in [7, 11) is 0. The fourth-order valence-corrected chi connectivity index (χ4v) is 3.99. The first-order chi connectivity index (χ1) is 14.4. The highest BCUT2D eigenvalue weighted by molar-refractivity contribution is 9.10. The second-order valence-corrected chi connectivity index (χ2v) is 8.34. The van der Waals surface area contributed by atoms with E-state index in [2.05, 4.69) is 26.2 Å². The minimum atomic E-state index is -0.250. The zero-order valence-electron chi connectivity index (χ0n) is 16.1. The van der Waals surface area contributed by atoms with Gasteiger partial charge in [0.15, 0.2) is 4.77 Å². The van der Waals surface area contributed by atoms with E-state index in [0.29, 0.717) is 27.8 Å². The predicted molar refractivity (Wildman–Crippen MR) is 126 cm³/mol. The lowest BCUT2D eigenvalue weighted by Gasteiger charge is -2.10. The third-order valence-corrected chi connectivity index (χ3v) is 5.57. The molecule has 0 aliphatic heterocycles. The maximum atomic E-state index is 13.0. The normalized spacial score (nSPS) is 10.9. The molecule has 0 unspecified atom stereocenters. The summed E-state index contributed by atoms with van der Waals surface area (Å²) in [5.74, 6) is -0.250. The number of nitrogens with zero attached hydrogens (tertiary/aromatic N) is 1. The number of hydrogen-bond donors (Lipinski definition) is 2. The second kappa shape index (κ2) is 8.38. The van der Waals surface area contributed by atoms with Crippen LogP contribution < -0.4 is 10.9 Å². The van der Waals surface area contributed by atoms with Crippen LogP contribution in [0.3, 0.4) is 0 Å². The summed E-state index contributed by atoms with van der Waals surface area (Å²) in [6.07, 6.45) is 0. The maximum Gasteiger partial charge on any atom is 0.262 e. The van der Waals surface area contributed by atoms with Gasteiger partial charge in [-0.3, -0.25) is 14.2 Å². The molecule has 0 spiro atoms. The number of aromatic amines is 1. The van der Waals surface area contributed by atoms with E-state index in [1.54, 1.807) is 18.2 Å². The van der Waals surface area contributed by atoms with Gasteiger partial charge in [-0.05, 0) is 72.7 Å².